The lowest BCUT2D eigenvalue weighted by Gasteiger charge is -2.26. The van der Waals surface area contributed by atoms with Crippen LogP contribution in [0.1, 0.15) is 37.7 Å². The highest BCUT2D eigenvalue weighted by Gasteiger charge is 2.19. The molecule has 1 fully saturated rings. The molecule has 1 aromatic carbocycles. The van der Waals surface area contributed by atoms with Crippen LogP contribution < -0.4 is 0 Å². The van der Waals surface area contributed by atoms with Crippen molar-refractivity contribution < 1.29 is 8.78 Å². The molecular weight excluding hydrogens is 280 g/mol. The molecule has 0 N–H and O–H groups in total. The Labute approximate surface area is 131 Å². The highest BCUT2D eigenvalue weighted by atomic mass is 19.1. The number of aryl methyl sites for hydroxylation is 1. The Morgan fingerprint density at radius 2 is 1.86 bits per heavy atom. The van der Waals surface area contributed by atoms with E-state index >= 15 is 0 Å². The Balaban J connectivity index is 1.71. The zero-order chi connectivity index (χ0) is 15.8. The van der Waals surface area contributed by atoms with Crippen LogP contribution in [-0.2, 0) is 6.42 Å². The molecule has 2 rings (SSSR count). The summed E-state index contributed by atoms with van der Waals surface area (Å²) in [6.07, 6.45) is 11.6. The molecule has 1 aliphatic carbocycles. The van der Waals surface area contributed by atoms with Crippen LogP contribution in [0.3, 0.4) is 0 Å². The van der Waals surface area contributed by atoms with Crippen molar-refractivity contribution in [2.45, 2.75) is 38.5 Å². The highest BCUT2D eigenvalue weighted by Crippen LogP contribution is 2.32. The maximum atomic E-state index is 12.8. The normalized spacial score (nSPS) is 22.7. The predicted octanol–water partition coefficient (Wildman–Crippen LogP) is 5.50. The fourth-order valence-corrected chi connectivity index (χ4v) is 3.03. The van der Waals surface area contributed by atoms with E-state index < -0.39 is 5.83 Å². The van der Waals surface area contributed by atoms with E-state index in [2.05, 4.69) is 0 Å². The number of benzene rings is 1. The second kappa shape index (κ2) is 8.48. The first-order chi connectivity index (χ1) is 10.7. The molecule has 0 heterocycles. The van der Waals surface area contributed by atoms with Crippen molar-refractivity contribution in [3.63, 3.8) is 0 Å². The Morgan fingerprint density at radius 1 is 1.18 bits per heavy atom. The van der Waals surface area contributed by atoms with E-state index in [1.807, 2.05) is 18.2 Å². The third-order valence-electron chi connectivity index (χ3n) is 4.38. The summed E-state index contributed by atoms with van der Waals surface area (Å²) in [4.78, 5) is 0. The van der Waals surface area contributed by atoms with E-state index in [1.54, 1.807) is 6.08 Å². The summed E-state index contributed by atoms with van der Waals surface area (Å²) in [5.41, 5.74) is 1.19. The molecule has 0 aliphatic heterocycles. The lowest BCUT2D eigenvalue weighted by Crippen LogP contribution is -2.13. The van der Waals surface area contributed by atoms with Crippen LogP contribution in [0.15, 0.2) is 48.3 Å². The molecule has 3 heteroatoms. The molecule has 1 nitrogen and oxygen atoms in total. The molecule has 0 unspecified atom stereocenters. The minimum atomic E-state index is -0.746. The van der Waals surface area contributed by atoms with Gasteiger partial charge in [-0.2, -0.15) is 9.65 Å². The zero-order valence-corrected chi connectivity index (χ0v) is 12.6. The molecule has 0 saturated heterocycles. The van der Waals surface area contributed by atoms with Gasteiger partial charge in [-0.3, -0.25) is 0 Å². The fraction of sp³-hybridized carbons (Fsp3) is 0.421. The molecule has 0 atom stereocenters. The summed E-state index contributed by atoms with van der Waals surface area (Å²) in [6, 6.07) is 8.22. The summed E-state index contributed by atoms with van der Waals surface area (Å²) in [7, 11) is 0. The lowest BCUT2D eigenvalue weighted by molar-refractivity contribution is 0.296. The van der Waals surface area contributed by atoms with Crippen molar-refractivity contribution in [1.82, 2.24) is 0 Å². The van der Waals surface area contributed by atoms with E-state index in [4.69, 9.17) is 5.26 Å². The summed E-state index contributed by atoms with van der Waals surface area (Å²) >= 11 is 0. The van der Waals surface area contributed by atoms with E-state index in [0.717, 1.165) is 31.6 Å². The Kier molecular flexibility index (Phi) is 6.33. The van der Waals surface area contributed by atoms with Gasteiger partial charge >= 0.3 is 0 Å². The second-order valence-corrected chi connectivity index (χ2v) is 5.96. The van der Waals surface area contributed by atoms with Crippen LogP contribution in [0.5, 0.6) is 0 Å². The highest BCUT2D eigenvalue weighted by molar-refractivity contribution is 5.19. The number of allylic oxidation sites excluding steroid dienone is 4. The van der Waals surface area contributed by atoms with Crippen molar-refractivity contribution in [1.29, 1.82) is 5.26 Å². The van der Waals surface area contributed by atoms with Crippen molar-refractivity contribution in [3.8, 4) is 6.07 Å². The monoisotopic (exact) mass is 301 g/mol. The number of nitriles is 1. The van der Waals surface area contributed by atoms with Gasteiger partial charge in [-0.1, -0.05) is 24.3 Å². The Bertz CT molecular complexity index is 558. The molecule has 0 aromatic heterocycles. The van der Waals surface area contributed by atoms with E-state index in [0.29, 0.717) is 5.92 Å². The van der Waals surface area contributed by atoms with Crippen LogP contribution in [0, 0.1) is 29.0 Å². The maximum absolute atomic E-state index is 12.8. The lowest BCUT2D eigenvalue weighted by atomic mass is 9.79. The molecule has 0 bridgehead atoms. The average Bonchev–Trinajstić information content (AvgIpc) is 2.55. The maximum Gasteiger partial charge on any atom is 0.199 e. The predicted molar refractivity (Wildman–Crippen MR) is 84.1 cm³/mol. The average molecular weight is 301 g/mol. The van der Waals surface area contributed by atoms with Gasteiger partial charge in [0.15, 0.2) is 5.83 Å². The van der Waals surface area contributed by atoms with Crippen LogP contribution >= 0.6 is 0 Å². The van der Waals surface area contributed by atoms with Gasteiger partial charge in [0.05, 0.1) is 0 Å². The Morgan fingerprint density at radius 3 is 2.50 bits per heavy atom. The summed E-state index contributed by atoms with van der Waals surface area (Å²) < 4.78 is 25.5. The number of nitrogens with zero attached hydrogens (tertiary/aromatic N) is 1. The Hall–Kier alpha value is -1.95. The topological polar surface area (TPSA) is 23.8 Å². The number of hydrogen-bond acceptors (Lipinski definition) is 1. The third-order valence-corrected chi connectivity index (χ3v) is 4.38. The first-order valence-corrected chi connectivity index (χ1v) is 7.86. The summed E-state index contributed by atoms with van der Waals surface area (Å²) in [6.45, 7) is 0. The standard InChI is InChI=1S/C19H21F2N/c20-18-12-10-17(11-13-18)9-8-16-6-4-15(5-7-16)2-1-3-19(21)14-22/h1-3,10-13,15-16H,4-9H2/t15-,16-. The van der Waals surface area contributed by atoms with Gasteiger partial charge in [0.2, 0.25) is 0 Å². The minimum Gasteiger partial charge on any atom is -0.207 e. The molecule has 0 spiro atoms. The van der Waals surface area contributed by atoms with E-state index in [9.17, 15) is 8.78 Å². The first kappa shape index (κ1) is 16.4. The molecular formula is C19H21F2N. The molecule has 116 valence electrons. The van der Waals surface area contributed by atoms with E-state index in [-0.39, 0.29) is 5.82 Å². The van der Waals surface area contributed by atoms with Gasteiger partial charge in [0.25, 0.3) is 0 Å². The molecule has 0 radical (unpaired) electrons. The van der Waals surface area contributed by atoms with Gasteiger partial charge in [0.1, 0.15) is 11.9 Å². The number of hydrogen-bond donors (Lipinski definition) is 0. The number of halogens is 2. The third kappa shape index (κ3) is 5.44. The van der Waals surface area contributed by atoms with Gasteiger partial charge in [-0.25, -0.2) is 4.39 Å². The molecule has 22 heavy (non-hydrogen) atoms. The minimum absolute atomic E-state index is 0.182. The van der Waals surface area contributed by atoms with Gasteiger partial charge < -0.3 is 0 Å². The van der Waals surface area contributed by atoms with E-state index in [1.165, 1.54) is 42.7 Å². The van der Waals surface area contributed by atoms with Crippen LogP contribution in [0.4, 0.5) is 8.78 Å². The van der Waals surface area contributed by atoms with Crippen LogP contribution in [0.2, 0.25) is 0 Å². The van der Waals surface area contributed by atoms with Crippen molar-refractivity contribution in [2.75, 3.05) is 0 Å². The quantitative estimate of drug-likeness (QED) is 0.520. The van der Waals surface area contributed by atoms with Crippen molar-refractivity contribution in [3.05, 3.63) is 59.7 Å². The second-order valence-electron chi connectivity index (χ2n) is 5.96. The molecule has 1 saturated carbocycles. The smallest absolute Gasteiger partial charge is 0.199 e. The molecule has 1 aromatic rings. The SMILES string of the molecule is N#CC(F)=CC=C[C@H]1CC[C@H](CCc2ccc(F)cc2)CC1. The number of rotatable bonds is 5. The molecule has 0 amide bonds. The largest absolute Gasteiger partial charge is 0.207 e. The first-order valence-electron chi connectivity index (χ1n) is 7.86. The van der Waals surface area contributed by atoms with Crippen LogP contribution in [0.25, 0.3) is 0 Å². The zero-order valence-electron chi connectivity index (χ0n) is 12.6. The summed E-state index contributed by atoms with van der Waals surface area (Å²) in [5.74, 6) is 0.285. The van der Waals surface area contributed by atoms with Crippen molar-refractivity contribution >= 4 is 0 Å². The fourth-order valence-electron chi connectivity index (χ4n) is 3.03. The van der Waals surface area contributed by atoms with Gasteiger partial charge in [0, 0.05) is 0 Å². The summed E-state index contributed by atoms with van der Waals surface area (Å²) in [5, 5.41) is 8.33. The van der Waals surface area contributed by atoms with Crippen molar-refractivity contribution in [2.24, 2.45) is 11.8 Å². The van der Waals surface area contributed by atoms with Gasteiger partial charge in [-0.05, 0) is 74.1 Å². The molecule has 1 aliphatic rings. The van der Waals surface area contributed by atoms with Crippen LogP contribution in [-0.4, -0.2) is 0 Å². The van der Waals surface area contributed by atoms with Gasteiger partial charge in [-0.15, -0.1) is 0 Å².